The monoisotopic (exact) mass is 198 g/mol. The van der Waals surface area contributed by atoms with Crippen molar-refractivity contribution in [3.05, 3.63) is 0 Å². The lowest BCUT2D eigenvalue weighted by Crippen LogP contribution is -2.32. The summed E-state index contributed by atoms with van der Waals surface area (Å²) in [6.45, 7) is 0.514. The Kier molecular flexibility index (Phi) is 4.63. The van der Waals surface area contributed by atoms with E-state index in [9.17, 15) is 4.79 Å². The Morgan fingerprint density at radius 1 is 1.91 bits per heavy atom. The first-order valence-electron chi connectivity index (χ1n) is 2.96. The highest BCUT2D eigenvalue weighted by atomic mass is 35.5. The number of nitrogens with zero attached hydrogens (tertiary/aromatic N) is 1. The van der Waals surface area contributed by atoms with Crippen LogP contribution in [0.2, 0.25) is 0 Å². The van der Waals surface area contributed by atoms with Crippen molar-refractivity contribution in [3.8, 4) is 0 Å². The highest BCUT2D eigenvalue weighted by Gasteiger charge is 2.28. The standard InChI is InChI=1S/C5H10N2O2S.ClH/c1-10-3-4-2-7(6)5(8)9-4;/h4H,2-3,6H2,1H3;1H/t4-;/m1./s1. The number of nitrogens with two attached hydrogens (primary N) is 1. The third-order valence-electron chi connectivity index (χ3n) is 1.25. The van der Waals surface area contributed by atoms with E-state index in [1.807, 2.05) is 6.26 Å². The van der Waals surface area contributed by atoms with E-state index in [0.29, 0.717) is 6.54 Å². The summed E-state index contributed by atoms with van der Waals surface area (Å²) in [4.78, 5) is 10.6. The van der Waals surface area contributed by atoms with Gasteiger partial charge < -0.3 is 4.74 Å². The number of hydrazine groups is 1. The van der Waals surface area contributed by atoms with Crippen LogP contribution in [-0.2, 0) is 4.74 Å². The first kappa shape index (κ1) is 10.9. The second kappa shape index (κ2) is 4.69. The predicted molar refractivity (Wildman–Crippen MR) is 46.8 cm³/mol. The van der Waals surface area contributed by atoms with Gasteiger partial charge in [-0.1, -0.05) is 0 Å². The van der Waals surface area contributed by atoms with Crippen LogP contribution in [0.25, 0.3) is 0 Å². The number of hydrogen-bond donors (Lipinski definition) is 1. The van der Waals surface area contributed by atoms with Gasteiger partial charge in [-0.15, -0.1) is 12.4 Å². The number of cyclic esters (lactones) is 1. The van der Waals surface area contributed by atoms with Crippen LogP contribution in [0.5, 0.6) is 0 Å². The van der Waals surface area contributed by atoms with Crippen molar-refractivity contribution in [1.82, 2.24) is 5.01 Å². The molecule has 1 aliphatic rings. The van der Waals surface area contributed by atoms with Gasteiger partial charge in [0.1, 0.15) is 6.10 Å². The van der Waals surface area contributed by atoms with Crippen LogP contribution >= 0.6 is 24.2 Å². The number of ether oxygens (including phenoxy) is 1. The third kappa shape index (κ3) is 2.76. The minimum atomic E-state index is -0.418. The number of hydrogen-bond acceptors (Lipinski definition) is 4. The van der Waals surface area contributed by atoms with E-state index in [-0.39, 0.29) is 18.5 Å². The van der Waals surface area contributed by atoms with E-state index in [1.165, 1.54) is 0 Å². The Morgan fingerprint density at radius 2 is 2.55 bits per heavy atom. The Hall–Kier alpha value is -0.130. The van der Waals surface area contributed by atoms with Gasteiger partial charge in [0.25, 0.3) is 0 Å². The molecular weight excluding hydrogens is 188 g/mol. The quantitative estimate of drug-likeness (QED) is 0.518. The zero-order valence-corrected chi connectivity index (χ0v) is 7.78. The molecule has 66 valence electrons. The molecule has 1 atom stereocenters. The van der Waals surface area contributed by atoms with Crippen molar-refractivity contribution in [3.63, 3.8) is 0 Å². The molecule has 1 saturated heterocycles. The van der Waals surface area contributed by atoms with Crippen molar-refractivity contribution in [2.75, 3.05) is 18.6 Å². The van der Waals surface area contributed by atoms with Crippen LogP contribution in [0.4, 0.5) is 4.79 Å². The van der Waals surface area contributed by atoms with Gasteiger partial charge >= 0.3 is 6.09 Å². The van der Waals surface area contributed by atoms with E-state index in [2.05, 4.69) is 0 Å². The second-order valence-electron chi connectivity index (χ2n) is 2.11. The molecule has 0 unspecified atom stereocenters. The molecule has 4 nitrogen and oxygen atoms in total. The molecule has 6 heteroatoms. The molecule has 1 rings (SSSR count). The summed E-state index contributed by atoms with van der Waals surface area (Å²) in [6.07, 6.45) is 1.53. The van der Waals surface area contributed by atoms with Gasteiger partial charge in [-0.3, -0.25) is 0 Å². The molecule has 1 aliphatic heterocycles. The summed E-state index contributed by atoms with van der Waals surface area (Å²) in [5.74, 6) is 6.07. The fourth-order valence-corrected chi connectivity index (χ4v) is 1.36. The summed E-state index contributed by atoms with van der Waals surface area (Å²) < 4.78 is 4.86. The van der Waals surface area contributed by atoms with Crippen molar-refractivity contribution < 1.29 is 9.53 Å². The highest BCUT2D eigenvalue weighted by molar-refractivity contribution is 7.98. The summed E-state index contributed by atoms with van der Waals surface area (Å²) >= 11 is 1.64. The average Bonchev–Trinajstić information content (AvgIpc) is 2.14. The largest absolute Gasteiger partial charge is 0.442 e. The lowest BCUT2D eigenvalue weighted by Gasteiger charge is -2.03. The topological polar surface area (TPSA) is 55.6 Å². The number of halogens is 1. The molecule has 11 heavy (non-hydrogen) atoms. The molecule has 0 saturated carbocycles. The molecule has 0 aromatic carbocycles. The molecule has 2 N–H and O–H groups in total. The van der Waals surface area contributed by atoms with E-state index in [1.54, 1.807) is 11.8 Å². The zero-order valence-electron chi connectivity index (χ0n) is 6.15. The molecule has 0 spiro atoms. The maximum absolute atomic E-state index is 10.6. The van der Waals surface area contributed by atoms with Gasteiger partial charge in [-0.2, -0.15) is 11.8 Å². The van der Waals surface area contributed by atoms with Crippen LogP contribution in [0.1, 0.15) is 0 Å². The fraction of sp³-hybridized carbons (Fsp3) is 0.800. The number of carbonyl (C=O) groups excluding carboxylic acids is 1. The summed E-state index contributed by atoms with van der Waals surface area (Å²) in [5, 5.41) is 1.10. The van der Waals surface area contributed by atoms with Crippen molar-refractivity contribution in [2.24, 2.45) is 5.84 Å². The minimum absolute atomic E-state index is 0. The van der Waals surface area contributed by atoms with E-state index >= 15 is 0 Å². The smallest absolute Gasteiger partial charge is 0.424 e. The van der Waals surface area contributed by atoms with Gasteiger partial charge in [0.15, 0.2) is 0 Å². The maximum atomic E-state index is 10.6. The Bertz CT molecular complexity index is 146. The average molecular weight is 199 g/mol. The number of thioether (sulfide) groups is 1. The van der Waals surface area contributed by atoms with Crippen LogP contribution in [0.3, 0.4) is 0 Å². The Morgan fingerprint density at radius 3 is 2.91 bits per heavy atom. The number of carbonyl (C=O) groups is 1. The predicted octanol–water partition coefficient (Wildman–Crippen LogP) is 0.466. The van der Waals surface area contributed by atoms with Gasteiger partial charge in [-0.05, 0) is 6.26 Å². The second-order valence-corrected chi connectivity index (χ2v) is 3.02. The zero-order chi connectivity index (χ0) is 7.56. The maximum Gasteiger partial charge on any atom is 0.424 e. The molecule has 0 aromatic rings. The molecule has 1 amide bonds. The summed E-state index contributed by atoms with van der Waals surface area (Å²) in [7, 11) is 0. The molecule has 0 bridgehead atoms. The lowest BCUT2D eigenvalue weighted by atomic mass is 10.4. The molecule has 0 radical (unpaired) electrons. The number of amides is 1. The summed E-state index contributed by atoms with van der Waals surface area (Å²) in [6, 6.07) is 0. The minimum Gasteiger partial charge on any atom is -0.442 e. The van der Waals surface area contributed by atoms with Crippen molar-refractivity contribution in [2.45, 2.75) is 6.10 Å². The van der Waals surface area contributed by atoms with Crippen LogP contribution in [-0.4, -0.2) is 35.8 Å². The van der Waals surface area contributed by atoms with Gasteiger partial charge in [0.2, 0.25) is 0 Å². The van der Waals surface area contributed by atoms with Gasteiger partial charge in [0.05, 0.1) is 6.54 Å². The highest BCUT2D eigenvalue weighted by Crippen LogP contribution is 2.10. The lowest BCUT2D eigenvalue weighted by molar-refractivity contribution is 0.140. The van der Waals surface area contributed by atoms with E-state index < -0.39 is 6.09 Å². The van der Waals surface area contributed by atoms with Gasteiger partial charge in [-0.25, -0.2) is 15.6 Å². The molecule has 1 heterocycles. The SMILES string of the molecule is CSC[C@H]1CN(N)C(=O)O1.Cl. The van der Waals surface area contributed by atoms with E-state index in [4.69, 9.17) is 10.6 Å². The van der Waals surface area contributed by atoms with E-state index in [0.717, 1.165) is 10.8 Å². The van der Waals surface area contributed by atoms with Crippen LogP contribution < -0.4 is 5.84 Å². The van der Waals surface area contributed by atoms with Crippen molar-refractivity contribution in [1.29, 1.82) is 0 Å². The first-order chi connectivity index (χ1) is 4.74. The van der Waals surface area contributed by atoms with Crippen molar-refractivity contribution >= 4 is 30.3 Å². The first-order valence-corrected chi connectivity index (χ1v) is 4.35. The number of rotatable bonds is 2. The van der Waals surface area contributed by atoms with Gasteiger partial charge in [0, 0.05) is 5.75 Å². The van der Waals surface area contributed by atoms with Crippen LogP contribution in [0.15, 0.2) is 0 Å². The third-order valence-corrected chi connectivity index (χ3v) is 1.96. The molecule has 1 fully saturated rings. The normalized spacial score (nSPS) is 22.9. The molecule has 0 aliphatic carbocycles. The molecular formula is C5H11ClN2O2S. The summed E-state index contributed by atoms with van der Waals surface area (Å²) in [5.41, 5.74) is 0. The molecule has 0 aromatic heterocycles. The Balaban J connectivity index is 0.000001000. The van der Waals surface area contributed by atoms with Crippen LogP contribution in [0, 0.1) is 0 Å². The fourth-order valence-electron chi connectivity index (χ4n) is 0.814. The Labute approximate surface area is 75.8 Å².